The molecule has 24 heavy (non-hydrogen) atoms. The van der Waals surface area contributed by atoms with Crippen molar-refractivity contribution in [3.8, 4) is 0 Å². The van der Waals surface area contributed by atoms with Gasteiger partial charge in [0, 0.05) is 6.42 Å². The van der Waals surface area contributed by atoms with Gasteiger partial charge in [0.2, 0.25) is 0 Å². The van der Waals surface area contributed by atoms with Crippen molar-refractivity contribution in [2.75, 3.05) is 13.1 Å². The van der Waals surface area contributed by atoms with Gasteiger partial charge in [-0.05, 0) is 55.0 Å². The van der Waals surface area contributed by atoms with E-state index in [1.165, 1.54) is 36.0 Å². The van der Waals surface area contributed by atoms with E-state index in [1.54, 1.807) is 0 Å². The molecule has 1 aliphatic carbocycles. The lowest BCUT2D eigenvalue weighted by Gasteiger charge is -2.36. The minimum Gasteiger partial charge on any atom is -0.411 e. The Balaban J connectivity index is 1.44. The number of likely N-dealkylation sites (tertiary alicyclic amines) is 1. The standard InChI is InChI=1S/C21H24N2O/c24-22-20-15-18-8-4-5-9-19(18)21(20)23-12-10-17(11-13-23)14-16-6-2-1-3-7-16/h1-9,17,21,24H,10-15H2. The fourth-order valence-electron chi connectivity index (χ4n) is 4.29. The molecule has 0 spiro atoms. The van der Waals surface area contributed by atoms with Crippen LogP contribution >= 0.6 is 0 Å². The molecule has 1 aliphatic heterocycles. The number of hydrogen-bond donors (Lipinski definition) is 1. The molecule has 1 N–H and O–H groups in total. The smallest absolute Gasteiger partial charge is 0.0831 e. The molecule has 0 aromatic heterocycles. The van der Waals surface area contributed by atoms with Gasteiger partial charge in [-0.3, -0.25) is 4.90 Å². The monoisotopic (exact) mass is 320 g/mol. The molecular formula is C21H24N2O. The molecule has 124 valence electrons. The lowest BCUT2D eigenvalue weighted by Crippen LogP contribution is -2.39. The van der Waals surface area contributed by atoms with Crippen LogP contribution in [-0.2, 0) is 12.8 Å². The highest BCUT2D eigenvalue weighted by molar-refractivity contribution is 5.96. The second-order valence-electron chi connectivity index (χ2n) is 7.04. The van der Waals surface area contributed by atoms with Crippen molar-refractivity contribution >= 4 is 5.71 Å². The van der Waals surface area contributed by atoms with Crippen LogP contribution in [0, 0.1) is 5.92 Å². The van der Waals surface area contributed by atoms with Crippen LogP contribution in [0.3, 0.4) is 0 Å². The van der Waals surface area contributed by atoms with E-state index in [-0.39, 0.29) is 6.04 Å². The Labute approximate surface area is 143 Å². The van der Waals surface area contributed by atoms with E-state index in [0.717, 1.165) is 31.1 Å². The quantitative estimate of drug-likeness (QED) is 0.683. The van der Waals surface area contributed by atoms with Gasteiger partial charge in [-0.15, -0.1) is 0 Å². The summed E-state index contributed by atoms with van der Waals surface area (Å²) in [6.07, 6.45) is 4.39. The molecule has 2 aromatic carbocycles. The predicted molar refractivity (Wildman–Crippen MR) is 96.6 cm³/mol. The fraction of sp³-hybridized carbons (Fsp3) is 0.381. The molecule has 0 radical (unpaired) electrons. The third kappa shape index (κ3) is 2.96. The molecule has 0 saturated carbocycles. The summed E-state index contributed by atoms with van der Waals surface area (Å²) in [7, 11) is 0. The van der Waals surface area contributed by atoms with Crippen molar-refractivity contribution in [2.24, 2.45) is 11.1 Å². The third-order valence-corrected chi connectivity index (χ3v) is 5.55. The minimum absolute atomic E-state index is 0.170. The number of fused-ring (bicyclic) bond motifs is 1. The van der Waals surface area contributed by atoms with Crippen LogP contribution in [0.15, 0.2) is 59.8 Å². The maximum absolute atomic E-state index is 9.45. The summed E-state index contributed by atoms with van der Waals surface area (Å²) in [5.74, 6) is 0.759. The highest BCUT2D eigenvalue weighted by atomic mass is 16.4. The lowest BCUT2D eigenvalue weighted by molar-refractivity contribution is 0.161. The minimum atomic E-state index is 0.170. The molecule has 3 nitrogen and oxygen atoms in total. The average Bonchev–Trinajstić information content (AvgIpc) is 3.02. The molecule has 0 amide bonds. The third-order valence-electron chi connectivity index (χ3n) is 5.55. The van der Waals surface area contributed by atoms with Crippen LogP contribution in [0.4, 0.5) is 0 Å². The maximum atomic E-state index is 9.45. The van der Waals surface area contributed by atoms with Crippen molar-refractivity contribution in [1.82, 2.24) is 4.90 Å². The summed E-state index contributed by atoms with van der Waals surface area (Å²) < 4.78 is 0. The van der Waals surface area contributed by atoms with Crippen LogP contribution in [0.2, 0.25) is 0 Å². The lowest BCUT2D eigenvalue weighted by atomic mass is 9.89. The molecule has 1 heterocycles. The second kappa shape index (κ2) is 6.78. The van der Waals surface area contributed by atoms with Gasteiger partial charge in [0.1, 0.15) is 0 Å². The predicted octanol–water partition coefficient (Wildman–Crippen LogP) is 4.07. The van der Waals surface area contributed by atoms with Gasteiger partial charge < -0.3 is 5.21 Å². The van der Waals surface area contributed by atoms with E-state index in [9.17, 15) is 5.21 Å². The van der Waals surface area contributed by atoms with Gasteiger partial charge in [0.15, 0.2) is 0 Å². The van der Waals surface area contributed by atoms with Crippen molar-refractivity contribution in [2.45, 2.75) is 31.7 Å². The Morgan fingerprint density at radius 1 is 0.958 bits per heavy atom. The highest BCUT2D eigenvalue weighted by Crippen LogP contribution is 2.36. The van der Waals surface area contributed by atoms with E-state index in [1.807, 2.05) is 0 Å². The zero-order valence-corrected chi connectivity index (χ0v) is 13.9. The van der Waals surface area contributed by atoms with Crippen molar-refractivity contribution in [3.63, 3.8) is 0 Å². The first-order chi connectivity index (χ1) is 11.8. The normalized spacial score (nSPS) is 23.5. The van der Waals surface area contributed by atoms with Gasteiger partial charge in [-0.1, -0.05) is 59.8 Å². The number of piperidine rings is 1. The number of hydrogen-bond acceptors (Lipinski definition) is 3. The number of rotatable bonds is 3. The molecule has 0 bridgehead atoms. The van der Waals surface area contributed by atoms with Crippen molar-refractivity contribution < 1.29 is 5.21 Å². The molecule has 1 fully saturated rings. The summed E-state index contributed by atoms with van der Waals surface area (Å²) in [6.45, 7) is 2.16. The van der Waals surface area contributed by atoms with Gasteiger partial charge in [0.25, 0.3) is 0 Å². The molecule has 1 atom stereocenters. The molecule has 3 heteroatoms. The fourth-order valence-corrected chi connectivity index (χ4v) is 4.29. The maximum Gasteiger partial charge on any atom is 0.0831 e. The SMILES string of the molecule is ON=C1Cc2ccccc2C1N1CCC(Cc2ccccc2)CC1. The molecule has 4 rings (SSSR count). The van der Waals surface area contributed by atoms with Gasteiger partial charge in [-0.25, -0.2) is 0 Å². The molecule has 2 aromatic rings. The van der Waals surface area contributed by atoms with Gasteiger partial charge in [0.05, 0.1) is 11.8 Å². The van der Waals surface area contributed by atoms with Crippen LogP contribution in [0.5, 0.6) is 0 Å². The first-order valence-corrected chi connectivity index (χ1v) is 8.92. The van der Waals surface area contributed by atoms with Crippen LogP contribution in [-0.4, -0.2) is 28.9 Å². The first kappa shape index (κ1) is 15.4. The van der Waals surface area contributed by atoms with E-state index >= 15 is 0 Å². The number of benzene rings is 2. The second-order valence-corrected chi connectivity index (χ2v) is 7.04. The molecule has 2 aliphatic rings. The summed E-state index contributed by atoms with van der Waals surface area (Å²) in [5, 5.41) is 13.1. The van der Waals surface area contributed by atoms with E-state index in [0.29, 0.717) is 0 Å². The number of nitrogens with zero attached hydrogens (tertiary/aromatic N) is 2. The average molecular weight is 320 g/mol. The zero-order chi connectivity index (χ0) is 16.4. The van der Waals surface area contributed by atoms with E-state index < -0.39 is 0 Å². The Hall–Kier alpha value is -2.13. The van der Waals surface area contributed by atoms with Gasteiger partial charge >= 0.3 is 0 Å². The number of oxime groups is 1. The Morgan fingerprint density at radius 2 is 1.67 bits per heavy atom. The topological polar surface area (TPSA) is 35.8 Å². The van der Waals surface area contributed by atoms with Crippen molar-refractivity contribution in [1.29, 1.82) is 0 Å². The van der Waals surface area contributed by atoms with E-state index in [4.69, 9.17) is 0 Å². The Kier molecular flexibility index (Phi) is 4.35. The zero-order valence-electron chi connectivity index (χ0n) is 13.9. The van der Waals surface area contributed by atoms with Crippen LogP contribution in [0.25, 0.3) is 0 Å². The highest BCUT2D eigenvalue weighted by Gasteiger charge is 2.35. The largest absolute Gasteiger partial charge is 0.411 e. The molecular weight excluding hydrogens is 296 g/mol. The van der Waals surface area contributed by atoms with Crippen LogP contribution < -0.4 is 0 Å². The Bertz CT molecular complexity index is 718. The summed E-state index contributed by atoms with van der Waals surface area (Å²) in [5.41, 5.74) is 4.98. The van der Waals surface area contributed by atoms with Crippen molar-refractivity contribution in [3.05, 3.63) is 71.3 Å². The van der Waals surface area contributed by atoms with Gasteiger partial charge in [-0.2, -0.15) is 0 Å². The Morgan fingerprint density at radius 3 is 2.42 bits per heavy atom. The first-order valence-electron chi connectivity index (χ1n) is 8.92. The molecule has 1 unspecified atom stereocenters. The van der Waals surface area contributed by atoms with Crippen LogP contribution in [0.1, 0.15) is 35.6 Å². The summed E-state index contributed by atoms with van der Waals surface area (Å²) >= 11 is 0. The summed E-state index contributed by atoms with van der Waals surface area (Å²) in [4.78, 5) is 2.50. The molecule has 1 saturated heterocycles. The van der Waals surface area contributed by atoms with E-state index in [2.05, 4.69) is 64.7 Å². The summed E-state index contributed by atoms with van der Waals surface area (Å²) in [6, 6.07) is 19.5.